The summed E-state index contributed by atoms with van der Waals surface area (Å²) in [5.74, 6) is -1.70. The Morgan fingerprint density at radius 2 is 1.68 bits per heavy atom. The van der Waals surface area contributed by atoms with E-state index >= 15 is 0 Å². The molecule has 0 amide bonds. The second-order valence-electron chi connectivity index (χ2n) is 5.61. The van der Waals surface area contributed by atoms with Gasteiger partial charge in [-0.3, -0.25) is 10.1 Å². The van der Waals surface area contributed by atoms with Crippen molar-refractivity contribution in [2.45, 2.75) is 23.1 Å². The third kappa shape index (κ3) is 3.52. The highest BCUT2D eigenvalue weighted by Gasteiger charge is 2.48. The fraction of sp³-hybridized carbons (Fsp3) is 0.188. The molecular formula is C16H16N2O6S. The lowest BCUT2D eigenvalue weighted by molar-refractivity contribution is -0.384. The molecule has 0 unspecified atom stereocenters. The van der Waals surface area contributed by atoms with E-state index in [0.717, 1.165) is 17.7 Å². The Morgan fingerprint density at radius 1 is 1.16 bits per heavy atom. The molecule has 0 aliphatic rings. The molecule has 1 atom stereocenters. The Bertz CT molecular complexity index is 907. The van der Waals surface area contributed by atoms with Gasteiger partial charge in [0.25, 0.3) is 5.69 Å². The maximum atomic E-state index is 12.8. The Labute approximate surface area is 144 Å². The highest BCUT2D eigenvalue weighted by Crippen LogP contribution is 2.27. The van der Waals surface area contributed by atoms with Gasteiger partial charge in [0.05, 0.1) is 9.82 Å². The fourth-order valence-electron chi connectivity index (χ4n) is 2.25. The second kappa shape index (κ2) is 6.61. The topological polar surface area (TPSA) is 141 Å². The number of carboxylic acid groups (broad SMARTS) is 1. The molecule has 8 nitrogen and oxygen atoms in total. The molecule has 0 aromatic heterocycles. The molecule has 0 fully saturated rings. The molecule has 3 N–H and O–H groups in total. The van der Waals surface area contributed by atoms with E-state index in [2.05, 4.69) is 0 Å². The van der Waals surface area contributed by atoms with E-state index in [9.17, 15) is 28.4 Å². The van der Waals surface area contributed by atoms with Gasteiger partial charge in [0, 0.05) is 18.6 Å². The largest absolute Gasteiger partial charge is 0.479 e. The summed E-state index contributed by atoms with van der Waals surface area (Å²) in [5.41, 5.74) is 6.67. The molecule has 0 aliphatic heterocycles. The van der Waals surface area contributed by atoms with E-state index in [0.29, 0.717) is 0 Å². The average molecular weight is 364 g/mol. The summed E-state index contributed by atoms with van der Waals surface area (Å²) < 4.78 is 25.5. The summed E-state index contributed by atoms with van der Waals surface area (Å²) in [7, 11) is -4.40. The molecule has 0 aliphatic carbocycles. The molecule has 2 aromatic rings. The van der Waals surface area contributed by atoms with Crippen molar-refractivity contribution >= 4 is 21.5 Å². The van der Waals surface area contributed by atoms with Crippen LogP contribution in [0, 0.1) is 17.0 Å². The maximum Gasteiger partial charge on any atom is 0.340 e. The van der Waals surface area contributed by atoms with Crippen LogP contribution in [0.5, 0.6) is 0 Å². The van der Waals surface area contributed by atoms with Crippen LogP contribution < -0.4 is 5.73 Å². The van der Waals surface area contributed by atoms with Crippen molar-refractivity contribution in [2.75, 3.05) is 0 Å². The third-order valence-electron chi connectivity index (χ3n) is 3.79. The number of carboxylic acids is 1. The minimum absolute atomic E-state index is 0.192. The van der Waals surface area contributed by atoms with Gasteiger partial charge in [0.1, 0.15) is 0 Å². The number of nitro groups is 1. The smallest absolute Gasteiger partial charge is 0.340 e. The van der Waals surface area contributed by atoms with E-state index in [1.807, 2.05) is 0 Å². The summed E-state index contributed by atoms with van der Waals surface area (Å²) in [5, 5.41) is 20.1. The van der Waals surface area contributed by atoms with Gasteiger partial charge < -0.3 is 10.8 Å². The standard InChI is InChI=1S/C16H16N2O6S/c1-11-2-8-14(9-3-11)25(23,24)16(17,15(19)20)10-12-4-6-13(7-5-12)18(21)22/h2-9H,10,17H2,1H3,(H,19,20)/t16-/m1/s1. The molecule has 2 rings (SSSR count). The maximum absolute atomic E-state index is 12.8. The molecule has 2 aromatic carbocycles. The number of hydrogen-bond donors (Lipinski definition) is 2. The average Bonchev–Trinajstić information content (AvgIpc) is 2.55. The molecule has 0 saturated carbocycles. The minimum Gasteiger partial charge on any atom is -0.479 e. The van der Waals surface area contributed by atoms with Crippen LogP contribution in [-0.2, 0) is 21.1 Å². The molecule has 9 heteroatoms. The van der Waals surface area contributed by atoms with Crippen LogP contribution in [-0.4, -0.2) is 29.3 Å². The highest BCUT2D eigenvalue weighted by atomic mass is 32.2. The van der Waals surface area contributed by atoms with Crippen LogP contribution in [0.2, 0.25) is 0 Å². The van der Waals surface area contributed by atoms with E-state index in [1.54, 1.807) is 19.1 Å². The number of hydrogen-bond acceptors (Lipinski definition) is 6. The zero-order valence-electron chi connectivity index (χ0n) is 13.2. The van der Waals surface area contributed by atoms with E-state index in [4.69, 9.17) is 5.73 Å². The number of nitrogens with zero attached hydrogens (tertiary/aromatic N) is 1. The van der Waals surface area contributed by atoms with Gasteiger partial charge in [-0.05, 0) is 24.6 Å². The summed E-state index contributed by atoms with van der Waals surface area (Å²) in [6.45, 7) is 1.76. The second-order valence-corrected chi connectivity index (χ2v) is 7.82. The van der Waals surface area contributed by atoms with Crippen LogP contribution in [0.3, 0.4) is 0 Å². The van der Waals surface area contributed by atoms with E-state index < -0.39 is 32.0 Å². The van der Waals surface area contributed by atoms with Crippen molar-refractivity contribution in [1.29, 1.82) is 0 Å². The lowest BCUT2D eigenvalue weighted by Crippen LogP contribution is -2.56. The number of nitrogens with two attached hydrogens (primary N) is 1. The number of sulfone groups is 1. The number of aliphatic carboxylic acids is 1. The first-order chi connectivity index (χ1) is 11.6. The van der Waals surface area contributed by atoms with Gasteiger partial charge in [0.15, 0.2) is 0 Å². The van der Waals surface area contributed by atoms with Crippen LogP contribution in [0.4, 0.5) is 5.69 Å². The van der Waals surface area contributed by atoms with E-state index in [1.165, 1.54) is 24.3 Å². The molecule has 132 valence electrons. The number of aryl methyl sites for hydroxylation is 1. The van der Waals surface area contributed by atoms with Crippen LogP contribution in [0.25, 0.3) is 0 Å². The predicted molar refractivity (Wildman–Crippen MR) is 89.7 cm³/mol. The van der Waals surface area contributed by atoms with Crippen molar-refractivity contribution in [2.24, 2.45) is 5.73 Å². The number of benzene rings is 2. The van der Waals surface area contributed by atoms with Gasteiger partial charge in [-0.15, -0.1) is 0 Å². The van der Waals surface area contributed by atoms with Crippen molar-refractivity contribution in [3.8, 4) is 0 Å². The number of nitro benzene ring substituents is 1. The van der Waals surface area contributed by atoms with Crippen molar-refractivity contribution in [3.63, 3.8) is 0 Å². The van der Waals surface area contributed by atoms with Crippen molar-refractivity contribution in [1.82, 2.24) is 0 Å². The first-order valence-corrected chi connectivity index (χ1v) is 8.63. The van der Waals surface area contributed by atoms with Gasteiger partial charge in [-0.25, -0.2) is 13.2 Å². The quantitative estimate of drug-likeness (QED) is 0.586. The molecule has 0 heterocycles. The molecule has 0 radical (unpaired) electrons. The van der Waals surface area contributed by atoms with Crippen molar-refractivity contribution in [3.05, 3.63) is 69.8 Å². The van der Waals surface area contributed by atoms with Crippen LogP contribution in [0.1, 0.15) is 11.1 Å². The predicted octanol–water partition coefficient (Wildman–Crippen LogP) is 1.66. The van der Waals surface area contributed by atoms with Gasteiger partial charge in [-0.1, -0.05) is 29.8 Å². The van der Waals surface area contributed by atoms with Crippen LogP contribution >= 0.6 is 0 Å². The first kappa shape index (κ1) is 18.6. The summed E-state index contributed by atoms with van der Waals surface area (Å²) in [4.78, 5) is 18.9. The van der Waals surface area contributed by atoms with Crippen molar-refractivity contribution < 1.29 is 23.2 Å². The Balaban J connectivity index is 2.45. The fourth-order valence-corrected chi connectivity index (χ4v) is 3.75. The molecule has 0 saturated heterocycles. The SMILES string of the molecule is Cc1ccc(S(=O)(=O)[C@](N)(Cc2ccc([N+](=O)[O-])cc2)C(=O)O)cc1. The van der Waals surface area contributed by atoms with Crippen LogP contribution in [0.15, 0.2) is 53.4 Å². The Kier molecular flexibility index (Phi) is 4.91. The molecule has 0 spiro atoms. The molecular weight excluding hydrogens is 348 g/mol. The zero-order chi connectivity index (χ0) is 18.8. The number of rotatable bonds is 6. The Morgan fingerprint density at radius 3 is 2.12 bits per heavy atom. The first-order valence-electron chi connectivity index (χ1n) is 7.15. The van der Waals surface area contributed by atoms with E-state index in [-0.39, 0.29) is 16.1 Å². The monoisotopic (exact) mass is 364 g/mol. The highest BCUT2D eigenvalue weighted by molar-refractivity contribution is 7.93. The number of carbonyl (C=O) groups is 1. The zero-order valence-corrected chi connectivity index (χ0v) is 14.1. The third-order valence-corrected chi connectivity index (χ3v) is 5.96. The molecule has 0 bridgehead atoms. The summed E-state index contributed by atoms with van der Waals surface area (Å²) in [6.07, 6.45) is -0.531. The number of non-ortho nitro benzene ring substituents is 1. The molecule has 25 heavy (non-hydrogen) atoms. The lowest BCUT2D eigenvalue weighted by Gasteiger charge is -2.25. The van der Waals surface area contributed by atoms with Gasteiger partial charge in [-0.2, -0.15) is 0 Å². The summed E-state index contributed by atoms with van der Waals surface area (Å²) >= 11 is 0. The van der Waals surface area contributed by atoms with Gasteiger partial charge >= 0.3 is 5.97 Å². The lowest BCUT2D eigenvalue weighted by atomic mass is 10.1. The van der Waals surface area contributed by atoms with Gasteiger partial charge in [0.2, 0.25) is 14.7 Å². The Hall–Kier alpha value is -2.78. The minimum atomic E-state index is -4.40. The normalized spacial score (nSPS) is 13.8. The summed E-state index contributed by atoms with van der Waals surface area (Å²) in [6, 6.07) is 10.6.